The zero-order valence-electron chi connectivity index (χ0n) is 13.8. The van der Waals surface area contributed by atoms with Gasteiger partial charge in [0.25, 0.3) is 5.91 Å². The fraction of sp³-hybridized carbons (Fsp3) is 0.278. The van der Waals surface area contributed by atoms with E-state index in [1.54, 1.807) is 0 Å². The van der Waals surface area contributed by atoms with E-state index in [0.29, 0.717) is 6.61 Å². The van der Waals surface area contributed by atoms with Crippen LogP contribution in [-0.4, -0.2) is 12.5 Å². The molecule has 0 spiro atoms. The number of rotatable bonds is 6. The smallest absolute Gasteiger partial charge is 0.418 e. The number of carbonyl (C=O) groups is 1. The van der Waals surface area contributed by atoms with Crippen LogP contribution in [0.3, 0.4) is 0 Å². The molecule has 0 aliphatic carbocycles. The molecule has 0 radical (unpaired) electrons. The van der Waals surface area contributed by atoms with Crippen LogP contribution in [0, 0.1) is 0 Å². The molecule has 0 heterocycles. The van der Waals surface area contributed by atoms with Crippen molar-refractivity contribution in [2.45, 2.75) is 25.9 Å². The number of nitrogens with one attached hydrogen (secondary N) is 1. The highest BCUT2D eigenvalue weighted by Crippen LogP contribution is 2.36. The van der Waals surface area contributed by atoms with Crippen LogP contribution in [-0.2, 0) is 6.18 Å². The molecule has 0 unspecified atom stereocenters. The molecule has 2 rings (SSSR count). The van der Waals surface area contributed by atoms with Crippen LogP contribution in [0.2, 0.25) is 10.0 Å². The van der Waals surface area contributed by atoms with Crippen molar-refractivity contribution in [2.75, 3.05) is 11.9 Å². The molecular weight excluding hydrogens is 390 g/mol. The summed E-state index contributed by atoms with van der Waals surface area (Å²) in [5.74, 6) is -0.514. The minimum atomic E-state index is -4.59. The number of halogens is 5. The normalized spacial score (nSPS) is 11.3. The van der Waals surface area contributed by atoms with Gasteiger partial charge in [-0.15, -0.1) is 0 Å². The van der Waals surface area contributed by atoms with Crippen LogP contribution >= 0.6 is 23.2 Å². The fourth-order valence-corrected chi connectivity index (χ4v) is 2.78. The number of hydrogen-bond donors (Lipinski definition) is 1. The van der Waals surface area contributed by atoms with Crippen molar-refractivity contribution in [1.82, 2.24) is 0 Å². The molecule has 140 valence electrons. The Labute approximate surface area is 159 Å². The predicted molar refractivity (Wildman–Crippen MR) is 96.3 cm³/mol. The zero-order valence-corrected chi connectivity index (χ0v) is 15.3. The third-order valence-corrected chi connectivity index (χ3v) is 4.05. The standard InChI is InChI=1S/C18H16Cl2F3NO2/c1-2-3-8-26-16-13(19)9-11(10-14(16)20)17(25)24-15-7-5-4-6-12(15)18(21,22)23/h4-7,9-10H,2-3,8H2,1H3,(H,24,25). The Hall–Kier alpha value is -1.92. The van der Waals surface area contributed by atoms with Gasteiger partial charge in [-0.2, -0.15) is 13.2 Å². The lowest BCUT2D eigenvalue weighted by molar-refractivity contribution is -0.136. The lowest BCUT2D eigenvalue weighted by Gasteiger charge is -2.15. The fourth-order valence-electron chi connectivity index (χ4n) is 2.18. The molecule has 0 atom stereocenters. The van der Waals surface area contributed by atoms with Gasteiger partial charge < -0.3 is 10.1 Å². The summed E-state index contributed by atoms with van der Waals surface area (Å²) in [5.41, 5.74) is -1.26. The molecule has 0 aliphatic rings. The number of benzene rings is 2. The number of ether oxygens (including phenoxy) is 1. The molecule has 0 aliphatic heterocycles. The van der Waals surface area contributed by atoms with Gasteiger partial charge in [0.15, 0.2) is 5.75 Å². The van der Waals surface area contributed by atoms with E-state index in [9.17, 15) is 18.0 Å². The summed E-state index contributed by atoms with van der Waals surface area (Å²) >= 11 is 12.2. The topological polar surface area (TPSA) is 38.3 Å². The van der Waals surface area contributed by atoms with E-state index in [2.05, 4.69) is 5.32 Å². The predicted octanol–water partition coefficient (Wildman–Crippen LogP) is 6.44. The van der Waals surface area contributed by atoms with Gasteiger partial charge in [0.05, 0.1) is 27.9 Å². The second kappa shape index (κ2) is 8.64. The highest BCUT2D eigenvalue weighted by molar-refractivity contribution is 6.37. The SMILES string of the molecule is CCCCOc1c(Cl)cc(C(=O)Nc2ccccc2C(F)(F)F)cc1Cl. The average Bonchev–Trinajstić information content (AvgIpc) is 2.56. The summed E-state index contributed by atoms with van der Waals surface area (Å²) in [7, 11) is 0. The summed E-state index contributed by atoms with van der Waals surface area (Å²) in [4.78, 5) is 12.3. The maximum atomic E-state index is 13.0. The Morgan fingerprint density at radius 1 is 1.15 bits per heavy atom. The first-order valence-corrected chi connectivity index (χ1v) is 8.59. The summed E-state index contributed by atoms with van der Waals surface area (Å²) < 4.78 is 44.5. The number of hydrogen-bond acceptors (Lipinski definition) is 2. The van der Waals surface area contributed by atoms with Gasteiger partial charge in [0.1, 0.15) is 0 Å². The maximum absolute atomic E-state index is 13.0. The third kappa shape index (κ3) is 5.05. The van der Waals surface area contributed by atoms with E-state index in [0.717, 1.165) is 18.9 Å². The van der Waals surface area contributed by atoms with Gasteiger partial charge in [-0.05, 0) is 30.7 Å². The quantitative estimate of drug-likeness (QED) is 0.561. The van der Waals surface area contributed by atoms with E-state index >= 15 is 0 Å². The lowest BCUT2D eigenvalue weighted by atomic mass is 10.1. The molecule has 0 bridgehead atoms. The number of alkyl halides is 3. The van der Waals surface area contributed by atoms with Crippen LogP contribution in [0.25, 0.3) is 0 Å². The Balaban J connectivity index is 2.24. The van der Waals surface area contributed by atoms with E-state index in [1.165, 1.54) is 30.3 Å². The number of para-hydroxylation sites is 1. The number of unbranched alkanes of at least 4 members (excludes halogenated alkanes) is 1. The van der Waals surface area contributed by atoms with Crippen molar-refractivity contribution in [3.8, 4) is 5.75 Å². The Kier molecular flexibility index (Phi) is 6.78. The van der Waals surface area contributed by atoms with Crippen molar-refractivity contribution in [3.63, 3.8) is 0 Å². The molecule has 0 fully saturated rings. The van der Waals surface area contributed by atoms with Crippen molar-refractivity contribution < 1.29 is 22.7 Å². The van der Waals surface area contributed by atoms with E-state index < -0.39 is 17.6 Å². The summed E-state index contributed by atoms with van der Waals surface area (Å²) in [6.45, 7) is 2.42. The highest BCUT2D eigenvalue weighted by atomic mass is 35.5. The Bertz CT molecular complexity index is 771. The largest absolute Gasteiger partial charge is 0.490 e. The van der Waals surface area contributed by atoms with Crippen molar-refractivity contribution in [1.29, 1.82) is 0 Å². The first-order valence-electron chi connectivity index (χ1n) is 7.83. The molecule has 0 aromatic heterocycles. The molecule has 0 saturated carbocycles. The molecular formula is C18H16Cl2F3NO2. The summed E-state index contributed by atoms with van der Waals surface area (Å²) in [5, 5.41) is 2.47. The second-order valence-corrected chi connectivity index (χ2v) is 6.28. The number of anilines is 1. The third-order valence-electron chi connectivity index (χ3n) is 3.49. The number of carbonyl (C=O) groups excluding carboxylic acids is 1. The van der Waals surface area contributed by atoms with Crippen molar-refractivity contribution in [3.05, 3.63) is 57.6 Å². The van der Waals surface area contributed by atoms with Crippen LogP contribution in [0.5, 0.6) is 5.75 Å². The van der Waals surface area contributed by atoms with Crippen LogP contribution < -0.4 is 10.1 Å². The number of amides is 1. The van der Waals surface area contributed by atoms with Crippen molar-refractivity contribution >= 4 is 34.8 Å². The van der Waals surface area contributed by atoms with Crippen molar-refractivity contribution in [2.24, 2.45) is 0 Å². The zero-order chi connectivity index (χ0) is 19.3. The first-order chi connectivity index (χ1) is 12.2. The highest BCUT2D eigenvalue weighted by Gasteiger charge is 2.33. The average molecular weight is 406 g/mol. The van der Waals surface area contributed by atoms with Gasteiger partial charge in [0, 0.05) is 5.56 Å². The van der Waals surface area contributed by atoms with Gasteiger partial charge >= 0.3 is 6.18 Å². The van der Waals surface area contributed by atoms with Crippen LogP contribution in [0.15, 0.2) is 36.4 Å². The van der Waals surface area contributed by atoms with E-state index in [1.807, 2.05) is 6.92 Å². The molecule has 2 aromatic rings. The maximum Gasteiger partial charge on any atom is 0.418 e. The Morgan fingerprint density at radius 2 is 1.77 bits per heavy atom. The Morgan fingerprint density at radius 3 is 2.35 bits per heavy atom. The van der Waals surface area contributed by atoms with E-state index in [4.69, 9.17) is 27.9 Å². The minimum absolute atomic E-state index is 0.0276. The summed E-state index contributed by atoms with van der Waals surface area (Å²) in [6.07, 6.45) is -2.85. The van der Waals surface area contributed by atoms with E-state index in [-0.39, 0.29) is 27.0 Å². The molecule has 8 heteroatoms. The lowest BCUT2D eigenvalue weighted by Crippen LogP contribution is -2.16. The molecule has 2 aromatic carbocycles. The minimum Gasteiger partial charge on any atom is -0.490 e. The van der Waals surface area contributed by atoms with Gasteiger partial charge in [-0.25, -0.2) is 0 Å². The molecule has 1 N–H and O–H groups in total. The molecule has 3 nitrogen and oxygen atoms in total. The first kappa shape index (κ1) is 20.4. The second-order valence-electron chi connectivity index (χ2n) is 5.47. The van der Waals surface area contributed by atoms with Gasteiger partial charge in [0.2, 0.25) is 0 Å². The molecule has 26 heavy (non-hydrogen) atoms. The van der Waals surface area contributed by atoms with Crippen LogP contribution in [0.1, 0.15) is 35.7 Å². The van der Waals surface area contributed by atoms with Gasteiger partial charge in [-0.1, -0.05) is 48.7 Å². The monoisotopic (exact) mass is 405 g/mol. The molecule has 0 saturated heterocycles. The van der Waals surface area contributed by atoms with Gasteiger partial charge in [-0.3, -0.25) is 4.79 Å². The summed E-state index contributed by atoms with van der Waals surface area (Å²) in [6, 6.07) is 7.32. The molecule has 1 amide bonds. The van der Waals surface area contributed by atoms with Crippen LogP contribution in [0.4, 0.5) is 18.9 Å².